The monoisotopic (exact) mass is 256 g/mol. The highest BCUT2D eigenvalue weighted by atomic mass is 16.2. The number of anilines is 2. The molecule has 2 fully saturated rings. The van der Waals surface area contributed by atoms with Crippen LogP contribution in [0.3, 0.4) is 0 Å². The minimum atomic E-state index is 0.0717. The number of benzene rings is 1. The molecule has 1 saturated heterocycles. The Morgan fingerprint density at radius 3 is 3.00 bits per heavy atom. The SMILES string of the molecule is Cc1cccc2c1NC(=O)C1CC3CCCCC3N21. The van der Waals surface area contributed by atoms with Crippen molar-refractivity contribution < 1.29 is 4.79 Å². The van der Waals surface area contributed by atoms with E-state index < -0.39 is 0 Å². The fourth-order valence-electron chi connectivity index (χ4n) is 4.28. The summed E-state index contributed by atoms with van der Waals surface area (Å²) in [7, 11) is 0. The van der Waals surface area contributed by atoms with Crippen LogP contribution in [-0.2, 0) is 4.79 Å². The molecule has 3 atom stereocenters. The second-order valence-electron chi connectivity index (χ2n) is 6.23. The van der Waals surface area contributed by atoms with Gasteiger partial charge in [-0.15, -0.1) is 0 Å². The number of hydrogen-bond acceptors (Lipinski definition) is 2. The highest BCUT2D eigenvalue weighted by molar-refractivity contribution is 6.05. The maximum atomic E-state index is 12.4. The Kier molecular flexibility index (Phi) is 2.38. The van der Waals surface area contributed by atoms with Crippen LogP contribution in [0.1, 0.15) is 37.7 Å². The molecule has 1 amide bonds. The second-order valence-corrected chi connectivity index (χ2v) is 6.23. The molecule has 19 heavy (non-hydrogen) atoms. The van der Waals surface area contributed by atoms with Gasteiger partial charge in [0.05, 0.1) is 11.4 Å². The molecule has 0 spiro atoms. The molecule has 2 heterocycles. The maximum absolute atomic E-state index is 12.4. The number of rotatable bonds is 0. The minimum Gasteiger partial charge on any atom is -0.355 e. The van der Waals surface area contributed by atoms with Gasteiger partial charge in [0.2, 0.25) is 5.91 Å². The van der Waals surface area contributed by atoms with Crippen molar-refractivity contribution in [2.45, 2.75) is 51.1 Å². The summed E-state index contributed by atoms with van der Waals surface area (Å²) in [4.78, 5) is 14.8. The van der Waals surface area contributed by atoms with E-state index in [0.29, 0.717) is 6.04 Å². The number of aryl methyl sites for hydroxylation is 1. The number of carbonyl (C=O) groups is 1. The number of hydrogen-bond donors (Lipinski definition) is 1. The average molecular weight is 256 g/mol. The van der Waals surface area contributed by atoms with Crippen molar-refractivity contribution in [2.75, 3.05) is 10.2 Å². The molecule has 3 nitrogen and oxygen atoms in total. The van der Waals surface area contributed by atoms with Gasteiger partial charge in [-0.2, -0.15) is 0 Å². The van der Waals surface area contributed by atoms with Crippen LogP contribution in [0.15, 0.2) is 18.2 Å². The molecule has 1 N–H and O–H groups in total. The molecular formula is C16H20N2O. The molecule has 0 aromatic heterocycles. The molecule has 3 aliphatic rings. The summed E-state index contributed by atoms with van der Waals surface area (Å²) in [5.41, 5.74) is 3.46. The van der Waals surface area contributed by atoms with Gasteiger partial charge in [0, 0.05) is 6.04 Å². The molecule has 2 aliphatic heterocycles. The van der Waals surface area contributed by atoms with Crippen molar-refractivity contribution in [1.29, 1.82) is 0 Å². The van der Waals surface area contributed by atoms with Crippen LogP contribution in [-0.4, -0.2) is 18.0 Å². The van der Waals surface area contributed by atoms with Crippen LogP contribution in [0.5, 0.6) is 0 Å². The molecule has 3 unspecified atom stereocenters. The van der Waals surface area contributed by atoms with Gasteiger partial charge in [-0.1, -0.05) is 25.0 Å². The highest BCUT2D eigenvalue weighted by Crippen LogP contribution is 2.47. The Morgan fingerprint density at radius 1 is 1.26 bits per heavy atom. The van der Waals surface area contributed by atoms with Crippen LogP contribution >= 0.6 is 0 Å². The number of nitrogens with zero attached hydrogens (tertiary/aromatic N) is 1. The van der Waals surface area contributed by atoms with Crippen LogP contribution in [0.2, 0.25) is 0 Å². The third kappa shape index (κ3) is 1.54. The third-order valence-corrected chi connectivity index (χ3v) is 5.17. The third-order valence-electron chi connectivity index (χ3n) is 5.17. The first-order valence-corrected chi connectivity index (χ1v) is 7.44. The molecule has 1 saturated carbocycles. The Balaban J connectivity index is 1.83. The molecule has 1 aromatic carbocycles. The molecule has 1 aromatic rings. The fraction of sp³-hybridized carbons (Fsp3) is 0.562. The molecular weight excluding hydrogens is 236 g/mol. The van der Waals surface area contributed by atoms with E-state index in [0.717, 1.165) is 18.0 Å². The lowest BCUT2D eigenvalue weighted by Crippen LogP contribution is -2.48. The van der Waals surface area contributed by atoms with Gasteiger partial charge < -0.3 is 10.2 Å². The standard InChI is InChI=1S/C16H20N2O/c1-10-5-4-8-13-15(10)17-16(19)14-9-11-6-2-3-7-12(11)18(13)14/h4-5,8,11-12,14H,2-3,6-7,9H2,1H3,(H,17,19). The largest absolute Gasteiger partial charge is 0.355 e. The van der Waals surface area contributed by atoms with E-state index in [9.17, 15) is 4.79 Å². The highest BCUT2D eigenvalue weighted by Gasteiger charge is 2.47. The average Bonchev–Trinajstić information content (AvgIpc) is 2.81. The second kappa shape index (κ2) is 3.99. The van der Waals surface area contributed by atoms with Crippen molar-refractivity contribution in [2.24, 2.45) is 5.92 Å². The normalized spacial score (nSPS) is 32.4. The first-order valence-electron chi connectivity index (χ1n) is 7.44. The first-order chi connectivity index (χ1) is 9.25. The maximum Gasteiger partial charge on any atom is 0.247 e. The number of amides is 1. The number of carbonyl (C=O) groups excluding carboxylic acids is 1. The van der Waals surface area contributed by atoms with Crippen LogP contribution < -0.4 is 10.2 Å². The predicted molar refractivity (Wildman–Crippen MR) is 76.4 cm³/mol. The fourth-order valence-corrected chi connectivity index (χ4v) is 4.28. The minimum absolute atomic E-state index is 0.0717. The lowest BCUT2D eigenvalue weighted by atomic mass is 9.84. The van der Waals surface area contributed by atoms with Gasteiger partial charge in [0.15, 0.2) is 0 Å². The van der Waals surface area contributed by atoms with Gasteiger partial charge >= 0.3 is 0 Å². The molecule has 1 aliphatic carbocycles. The zero-order valence-corrected chi connectivity index (χ0v) is 11.4. The summed E-state index contributed by atoms with van der Waals surface area (Å²) in [6.07, 6.45) is 6.25. The Hall–Kier alpha value is -1.51. The van der Waals surface area contributed by atoms with Crippen LogP contribution in [0, 0.1) is 12.8 Å². The van der Waals surface area contributed by atoms with Crippen molar-refractivity contribution in [3.05, 3.63) is 23.8 Å². The van der Waals surface area contributed by atoms with Gasteiger partial charge in [-0.25, -0.2) is 0 Å². The van der Waals surface area contributed by atoms with E-state index >= 15 is 0 Å². The van der Waals surface area contributed by atoms with Crippen molar-refractivity contribution in [3.63, 3.8) is 0 Å². The quantitative estimate of drug-likeness (QED) is 0.773. The van der Waals surface area contributed by atoms with Gasteiger partial charge in [-0.3, -0.25) is 4.79 Å². The smallest absolute Gasteiger partial charge is 0.247 e. The van der Waals surface area contributed by atoms with E-state index in [-0.39, 0.29) is 11.9 Å². The molecule has 4 rings (SSSR count). The Labute approximate surface area is 114 Å². The van der Waals surface area contributed by atoms with E-state index in [4.69, 9.17) is 0 Å². The van der Waals surface area contributed by atoms with E-state index in [1.807, 2.05) is 0 Å². The summed E-state index contributed by atoms with van der Waals surface area (Å²) in [6, 6.07) is 7.02. The summed E-state index contributed by atoms with van der Waals surface area (Å²) < 4.78 is 0. The van der Waals surface area contributed by atoms with Gasteiger partial charge in [-0.05, 0) is 43.7 Å². The van der Waals surface area contributed by atoms with Crippen molar-refractivity contribution in [3.8, 4) is 0 Å². The zero-order valence-electron chi connectivity index (χ0n) is 11.4. The number of para-hydroxylation sites is 1. The van der Waals surface area contributed by atoms with Gasteiger partial charge in [0.1, 0.15) is 6.04 Å². The topological polar surface area (TPSA) is 32.3 Å². The lowest BCUT2D eigenvalue weighted by molar-refractivity contribution is -0.117. The predicted octanol–water partition coefficient (Wildman–Crippen LogP) is 3.08. The first kappa shape index (κ1) is 11.3. The van der Waals surface area contributed by atoms with Crippen LogP contribution in [0.4, 0.5) is 11.4 Å². The van der Waals surface area contributed by atoms with Crippen LogP contribution in [0.25, 0.3) is 0 Å². The van der Waals surface area contributed by atoms with Crippen molar-refractivity contribution in [1.82, 2.24) is 0 Å². The molecule has 0 bridgehead atoms. The summed E-state index contributed by atoms with van der Waals surface area (Å²) >= 11 is 0. The number of nitrogens with one attached hydrogen (secondary N) is 1. The van der Waals surface area contributed by atoms with E-state index in [1.165, 1.54) is 36.9 Å². The Morgan fingerprint density at radius 2 is 2.11 bits per heavy atom. The van der Waals surface area contributed by atoms with E-state index in [1.54, 1.807) is 0 Å². The molecule has 3 heteroatoms. The zero-order chi connectivity index (χ0) is 13.0. The molecule has 0 radical (unpaired) electrons. The van der Waals surface area contributed by atoms with Gasteiger partial charge in [0.25, 0.3) is 0 Å². The summed E-state index contributed by atoms with van der Waals surface area (Å²) in [5, 5.41) is 3.13. The summed E-state index contributed by atoms with van der Waals surface area (Å²) in [5.74, 6) is 0.923. The van der Waals surface area contributed by atoms with Crippen molar-refractivity contribution >= 4 is 17.3 Å². The molecule has 100 valence electrons. The lowest BCUT2D eigenvalue weighted by Gasteiger charge is -2.39. The number of fused-ring (bicyclic) bond motifs is 5. The van der Waals surface area contributed by atoms with E-state index in [2.05, 4.69) is 35.3 Å². The summed E-state index contributed by atoms with van der Waals surface area (Å²) in [6.45, 7) is 2.08. The Bertz CT molecular complexity index is 540.